The number of nitrogens with zero attached hydrogens (tertiary/aromatic N) is 2. The Morgan fingerprint density at radius 3 is 3.10 bits per heavy atom. The molecule has 2 aliphatic heterocycles. The summed E-state index contributed by atoms with van der Waals surface area (Å²) in [5.74, 6) is 0.641. The molecular formula is C16H21N3O2. The van der Waals surface area contributed by atoms with Crippen molar-refractivity contribution in [1.29, 1.82) is 0 Å². The molecule has 0 spiro atoms. The third-order valence-corrected chi connectivity index (χ3v) is 4.48. The second-order valence-electron chi connectivity index (χ2n) is 5.62. The van der Waals surface area contributed by atoms with E-state index in [-0.39, 0.29) is 6.10 Å². The van der Waals surface area contributed by atoms with Gasteiger partial charge in [0.25, 0.3) is 0 Å². The fourth-order valence-electron chi connectivity index (χ4n) is 3.23. The van der Waals surface area contributed by atoms with Crippen LogP contribution in [0.4, 0.5) is 5.69 Å². The van der Waals surface area contributed by atoms with E-state index in [0.717, 1.165) is 43.9 Å². The number of nitrogens with one attached hydrogen (secondary N) is 1. The molecule has 0 radical (unpaired) electrons. The van der Waals surface area contributed by atoms with E-state index in [1.54, 1.807) is 7.11 Å². The Labute approximate surface area is 125 Å². The van der Waals surface area contributed by atoms with Crippen LogP contribution in [0.2, 0.25) is 0 Å². The first kappa shape index (κ1) is 14.3. The lowest BCUT2D eigenvalue weighted by Crippen LogP contribution is -2.57. The third kappa shape index (κ3) is 2.62. The van der Waals surface area contributed by atoms with E-state index >= 15 is 0 Å². The first-order valence-electron chi connectivity index (χ1n) is 7.36. The maximum atomic E-state index is 7.37. The Morgan fingerprint density at radius 2 is 2.33 bits per heavy atom. The molecule has 0 saturated carbocycles. The number of benzene rings is 1. The minimum atomic E-state index is 0.0470. The zero-order chi connectivity index (χ0) is 14.8. The summed E-state index contributed by atoms with van der Waals surface area (Å²) < 4.78 is 11.3. The van der Waals surface area contributed by atoms with Gasteiger partial charge >= 0.3 is 0 Å². The summed E-state index contributed by atoms with van der Waals surface area (Å²) in [5.41, 5.74) is 2.68. The number of methoxy groups -OCH3 is 1. The maximum absolute atomic E-state index is 7.37. The lowest BCUT2D eigenvalue weighted by molar-refractivity contribution is -0.0719. The van der Waals surface area contributed by atoms with Crippen molar-refractivity contribution in [2.24, 2.45) is 0 Å². The summed E-state index contributed by atoms with van der Waals surface area (Å²) >= 11 is 0. The number of fused-ring (bicyclic) bond motifs is 1. The first-order valence-corrected chi connectivity index (χ1v) is 7.36. The summed E-state index contributed by atoms with van der Waals surface area (Å²) in [6.07, 6.45) is 0.0470. The smallest absolute Gasteiger partial charge is 0.231 e. The van der Waals surface area contributed by atoms with Gasteiger partial charge in [0.1, 0.15) is 5.75 Å². The van der Waals surface area contributed by atoms with Crippen molar-refractivity contribution in [3.8, 4) is 5.75 Å². The predicted octanol–water partition coefficient (Wildman–Crippen LogP) is 1.90. The first-order chi connectivity index (χ1) is 10.2. The highest BCUT2D eigenvalue weighted by molar-refractivity contribution is 5.65. The standard InChI is InChI=1S/C16H21N3O2/c1-11-13(4-5-14(20-3)16(11)17-2)15-9-19-7-6-18-8-12(19)10-21-15/h4-5,12,15,18H,6-10H2,1,3H3/t12-,15-/m0/s1. The van der Waals surface area contributed by atoms with Crippen molar-refractivity contribution < 1.29 is 9.47 Å². The zero-order valence-corrected chi connectivity index (χ0v) is 12.6. The van der Waals surface area contributed by atoms with Crippen LogP contribution in [0.5, 0.6) is 5.75 Å². The normalized spacial score (nSPS) is 26.0. The molecule has 0 bridgehead atoms. The summed E-state index contributed by atoms with van der Waals surface area (Å²) in [7, 11) is 1.60. The van der Waals surface area contributed by atoms with Crippen molar-refractivity contribution in [2.45, 2.75) is 19.1 Å². The molecule has 0 aromatic heterocycles. The highest BCUT2D eigenvalue weighted by Gasteiger charge is 2.32. The van der Waals surface area contributed by atoms with Crippen LogP contribution < -0.4 is 10.1 Å². The quantitative estimate of drug-likeness (QED) is 0.843. The number of piperazine rings is 1. The highest BCUT2D eigenvalue weighted by Crippen LogP contribution is 2.37. The number of ether oxygens (including phenoxy) is 2. The number of rotatable bonds is 2. The van der Waals surface area contributed by atoms with Gasteiger partial charge in [0, 0.05) is 32.2 Å². The van der Waals surface area contributed by atoms with E-state index in [1.165, 1.54) is 0 Å². The molecule has 2 heterocycles. The SMILES string of the molecule is [C-]#[N+]c1c(OC)ccc([C@@H]2CN3CCNC[C@H]3CO2)c1C. The Bertz CT molecular complexity index is 567. The molecule has 2 saturated heterocycles. The highest BCUT2D eigenvalue weighted by atomic mass is 16.5. The van der Waals surface area contributed by atoms with Gasteiger partial charge in [-0.1, -0.05) is 6.07 Å². The van der Waals surface area contributed by atoms with Crippen molar-refractivity contribution in [3.05, 3.63) is 34.7 Å². The van der Waals surface area contributed by atoms with Crippen LogP contribution in [0.1, 0.15) is 17.2 Å². The Kier molecular flexibility index (Phi) is 4.11. The molecule has 1 aromatic carbocycles. The Morgan fingerprint density at radius 1 is 1.48 bits per heavy atom. The van der Waals surface area contributed by atoms with E-state index in [1.807, 2.05) is 19.1 Å². The fraction of sp³-hybridized carbons (Fsp3) is 0.562. The second-order valence-corrected chi connectivity index (χ2v) is 5.62. The van der Waals surface area contributed by atoms with Gasteiger partial charge in [-0.05, 0) is 24.1 Å². The van der Waals surface area contributed by atoms with Crippen LogP contribution in [-0.4, -0.2) is 50.8 Å². The van der Waals surface area contributed by atoms with Gasteiger partial charge in [-0.15, -0.1) is 0 Å². The molecule has 5 heteroatoms. The van der Waals surface area contributed by atoms with Gasteiger partial charge in [0.15, 0.2) is 0 Å². The van der Waals surface area contributed by atoms with Crippen LogP contribution in [0, 0.1) is 13.5 Å². The van der Waals surface area contributed by atoms with Crippen molar-refractivity contribution in [2.75, 3.05) is 39.9 Å². The monoisotopic (exact) mass is 287 g/mol. The molecule has 3 rings (SSSR count). The minimum absolute atomic E-state index is 0.0470. The summed E-state index contributed by atoms with van der Waals surface area (Å²) in [6.45, 7) is 14.1. The minimum Gasteiger partial charge on any atom is -0.508 e. The second kappa shape index (κ2) is 6.02. The molecule has 1 aromatic rings. The topological polar surface area (TPSA) is 38.1 Å². The van der Waals surface area contributed by atoms with Gasteiger partial charge < -0.3 is 14.8 Å². The van der Waals surface area contributed by atoms with Crippen LogP contribution in [0.3, 0.4) is 0 Å². The molecule has 112 valence electrons. The van der Waals surface area contributed by atoms with Crippen LogP contribution in [0.15, 0.2) is 12.1 Å². The van der Waals surface area contributed by atoms with E-state index in [0.29, 0.717) is 17.5 Å². The van der Waals surface area contributed by atoms with E-state index in [2.05, 4.69) is 15.1 Å². The van der Waals surface area contributed by atoms with Crippen LogP contribution >= 0.6 is 0 Å². The number of hydrogen-bond donors (Lipinski definition) is 1. The molecule has 0 amide bonds. The average Bonchev–Trinajstić information content (AvgIpc) is 2.54. The lowest BCUT2D eigenvalue weighted by Gasteiger charge is -2.43. The van der Waals surface area contributed by atoms with Gasteiger partial charge in [-0.25, -0.2) is 4.85 Å². The number of hydrogen-bond acceptors (Lipinski definition) is 4. The molecule has 2 fully saturated rings. The summed E-state index contributed by atoms with van der Waals surface area (Å²) in [6, 6.07) is 4.40. The summed E-state index contributed by atoms with van der Waals surface area (Å²) in [4.78, 5) is 6.12. The van der Waals surface area contributed by atoms with Gasteiger partial charge in [0.2, 0.25) is 5.69 Å². The predicted molar refractivity (Wildman–Crippen MR) is 80.9 cm³/mol. The largest absolute Gasteiger partial charge is 0.508 e. The van der Waals surface area contributed by atoms with Crippen LogP contribution in [-0.2, 0) is 4.74 Å². The third-order valence-electron chi connectivity index (χ3n) is 4.48. The lowest BCUT2D eigenvalue weighted by atomic mass is 9.98. The van der Waals surface area contributed by atoms with E-state index in [4.69, 9.17) is 16.0 Å². The average molecular weight is 287 g/mol. The number of morpholine rings is 1. The fourth-order valence-corrected chi connectivity index (χ4v) is 3.23. The molecule has 0 aliphatic carbocycles. The molecule has 1 N–H and O–H groups in total. The zero-order valence-electron chi connectivity index (χ0n) is 12.6. The van der Waals surface area contributed by atoms with Crippen LogP contribution in [0.25, 0.3) is 4.85 Å². The maximum Gasteiger partial charge on any atom is 0.231 e. The molecule has 5 nitrogen and oxygen atoms in total. The van der Waals surface area contributed by atoms with E-state index < -0.39 is 0 Å². The van der Waals surface area contributed by atoms with Crippen molar-refractivity contribution in [1.82, 2.24) is 10.2 Å². The van der Waals surface area contributed by atoms with Crippen molar-refractivity contribution >= 4 is 5.69 Å². The van der Waals surface area contributed by atoms with Gasteiger partial charge in [0.05, 0.1) is 26.4 Å². The van der Waals surface area contributed by atoms with E-state index in [9.17, 15) is 0 Å². The molecular weight excluding hydrogens is 266 g/mol. The van der Waals surface area contributed by atoms with Crippen molar-refractivity contribution in [3.63, 3.8) is 0 Å². The molecule has 21 heavy (non-hydrogen) atoms. The molecule has 2 atom stereocenters. The Balaban J connectivity index is 1.86. The van der Waals surface area contributed by atoms with Gasteiger partial charge in [-0.2, -0.15) is 0 Å². The van der Waals surface area contributed by atoms with Gasteiger partial charge in [-0.3, -0.25) is 4.90 Å². The Hall–Kier alpha value is -1.61. The molecule has 0 unspecified atom stereocenters. The molecule has 2 aliphatic rings. The summed E-state index contributed by atoms with van der Waals surface area (Å²) in [5, 5.41) is 3.41.